The zero-order valence-corrected chi connectivity index (χ0v) is 11.2. The van der Waals surface area contributed by atoms with Crippen molar-refractivity contribution in [2.45, 2.75) is 11.3 Å². The van der Waals surface area contributed by atoms with Gasteiger partial charge in [0.1, 0.15) is 4.90 Å². The molecule has 110 valence electrons. The summed E-state index contributed by atoms with van der Waals surface area (Å²) in [5, 5.41) is 2.50. The molecule has 1 aromatic carbocycles. The van der Waals surface area contributed by atoms with Crippen LogP contribution in [0.2, 0.25) is 0 Å². The summed E-state index contributed by atoms with van der Waals surface area (Å²) in [6.45, 7) is -0.0618. The largest absolute Gasteiger partial charge is 0.399 e. The van der Waals surface area contributed by atoms with Crippen LogP contribution in [0.5, 0.6) is 0 Å². The molecule has 1 amide bonds. The highest BCUT2D eigenvalue weighted by Crippen LogP contribution is 2.24. The van der Waals surface area contributed by atoms with Gasteiger partial charge in [-0.2, -0.15) is 4.31 Å². The Balaban J connectivity index is 2.47. The SMILES string of the molecule is Nc1cc(F)c(F)c(S(=O)(=O)N2CCCNC(=O)C2)c1. The second kappa shape index (κ2) is 5.33. The van der Waals surface area contributed by atoms with Gasteiger partial charge >= 0.3 is 0 Å². The van der Waals surface area contributed by atoms with Crippen LogP contribution in [0.1, 0.15) is 6.42 Å². The number of anilines is 1. The topological polar surface area (TPSA) is 92.5 Å². The first-order valence-corrected chi connectivity index (χ1v) is 7.28. The first kappa shape index (κ1) is 14.7. The Morgan fingerprint density at radius 2 is 2.00 bits per heavy atom. The molecule has 20 heavy (non-hydrogen) atoms. The van der Waals surface area contributed by atoms with Crippen LogP contribution in [0.25, 0.3) is 0 Å². The molecule has 6 nitrogen and oxygen atoms in total. The monoisotopic (exact) mass is 305 g/mol. The summed E-state index contributed by atoms with van der Waals surface area (Å²) in [5.41, 5.74) is 5.14. The van der Waals surface area contributed by atoms with E-state index in [1.54, 1.807) is 0 Å². The summed E-state index contributed by atoms with van der Waals surface area (Å²) in [6.07, 6.45) is 0.386. The van der Waals surface area contributed by atoms with Crippen LogP contribution in [0.4, 0.5) is 14.5 Å². The molecule has 1 aromatic rings. The number of nitrogens with two attached hydrogens (primary N) is 1. The number of hydrogen-bond acceptors (Lipinski definition) is 4. The van der Waals surface area contributed by atoms with E-state index in [1.165, 1.54) is 0 Å². The minimum atomic E-state index is -4.32. The Hall–Kier alpha value is -1.74. The highest BCUT2D eigenvalue weighted by molar-refractivity contribution is 7.89. The van der Waals surface area contributed by atoms with Crippen molar-refractivity contribution >= 4 is 21.6 Å². The van der Waals surface area contributed by atoms with Crippen molar-refractivity contribution in [3.05, 3.63) is 23.8 Å². The molecule has 0 radical (unpaired) electrons. The fourth-order valence-corrected chi connectivity index (χ4v) is 3.44. The number of benzene rings is 1. The van der Waals surface area contributed by atoms with E-state index in [2.05, 4.69) is 5.32 Å². The first-order valence-electron chi connectivity index (χ1n) is 5.84. The van der Waals surface area contributed by atoms with Gasteiger partial charge in [0.05, 0.1) is 6.54 Å². The average molecular weight is 305 g/mol. The van der Waals surface area contributed by atoms with Crippen molar-refractivity contribution in [1.29, 1.82) is 0 Å². The number of hydrogen-bond donors (Lipinski definition) is 2. The fraction of sp³-hybridized carbons (Fsp3) is 0.364. The van der Waals surface area contributed by atoms with Crippen molar-refractivity contribution in [2.24, 2.45) is 0 Å². The number of nitrogens with zero attached hydrogens (tertiary/aromatic N) is 1. The van der Waals surface area contributed by atoms with Crippen LogP contribution in [-0.2, 0) is 14.8 Å². The third-order valence-corrected chi connectivity index (χ3v) is 4.71. The van der Waals surface area contributed by atoms with E-state index in [0.29, 0.717) is 19.0 Å². The van der Waals surface area contributed by atoms with E-state index in [-0.39, 0.29) is 12.2 Å². The number of carbonyl (C=O) groups excluding carboxylic acids is 1. The van der Waals surface area contributed by atoms with Gasteiger partial charge in [0.15, 0.2) is 11.6 Å². The molecule has 0 spiro atoms. The Morgan fingerprint density at radius 1 is 1.30 bits per heavy atom. The van der Waals surface area contributed by atoms with Crippen LogP contribution in [0, 0.1) is 11.6 Å². The molecule has 3 N–H and O–H groups in total. The third-order valence-electron chi connectivity index (χ3n) is 2.86. The average Bonchev–Trinajstić information content (AvgIpc) is 2.58. The lowest BCUT2D eigenvalue weighted by Crippen LogP contribution is -2.37. The molecule has 9 heteroatoms. The van der Waals surface area contributed by atoms with Gasteiger partial charge in [-0.05, 0) is 18.6 Å². The second-order valence-corrected chi connectivity index (χ2v) is 6.26. The summed E-state index contributed by atoms with van der Waals surface area (Å²) in [5.74, 6) is -3.33. The second-order valence-electron chi connectivity index (χ2n) is 4.36. The molecule has 0 saturated carbocycles. The van der Waals surface area contributed by atoms with E-state index >= 15 is 0 Å². The highest BCUT2D eigenvalue weighted by atomic mass is 32.2. The normalized spacial score (nSPS) is 17.6. The van der Waals surface area contributed by atoms with Gasteiger partial charge in [-0.1, -0.05) is 0 Å². The van der Waals surface area contributed by atoms with Crippen LogP contribution in [0.3, 0.4) is 0 Å². The lowest BCUT2D eigenvalue weighted by molar-refractivity contribution is -0.120. The van der Waals surface area contributed by atoms with Crippen LogP contribution >= 0.6 is 0 Å². The summed E-state index contributed by atoms with van der Waals surface area (Å²) in [4.78, 5) is 10.5. The van der Waals surface area contributed by atoms with Crippen molar-refractivity contribution in [3.8, 4) is 0 Å². The first-order chi connectivity index (χ1) is 9.32. The number of sulfonamides is 1. The summed E-state index contributed by atoms with van der Waals surface area (Å²) < 4.78 is 52.4. The molecule has 1 aliphatic rings. The predicted molar refractivity (Wildman–Crippen MR) is 67.2 cm³/mol. The number of halogens is 2. The van der Waals surface area contributed by atoms with Crippen LogP contribution < -0.4 is 11.1 Å². The Labute approximate surface area is 114 Å². The van der Waals surface area contributed by atoms with E-state index in [9.17, 15) is 22.0 Å². The summed E-state index contributed by atoms with van der Waals surface area (Å²) in [6, 6.07) is 1.54. The van der Waals surface area contributed by atoms with Gasteiger partial charge in [0, 0.05) is 18.8 Å². The molecular formula is C11H13F2N3O3S. The van der Waals surface area contributed by atoms with Crippen molar-refractivity contribution < 1.29 is 22.0 Å². The van der Waals surface area contributed by atoms with Gasteiger partial charge in [-0.25, -0.2) is 17.2 Å². The Bertz CT molecular complexity index is 649. The van der Waals surface area contributed by atoms with Gasteiger partial charge < -0.3 is 11.1 Å². The lowest BCUT2D eigenvalue weighted by Gasteiger charge is -2.19. The highest BCUT2D eigenvalue weighted by Gasteiger charge is 2.31. The predicted octanol–water partition coefficient (Wildman–Crippen LogP) is 0.0576. The smallest absolute Gasteiger partial charge is 0.246 e. The molecule has 0 atom stereocenters. The minimum absolute atomic E-state index is 0.0386. The maximum atomic E-state index is 13.7. The molecule has 0 aliphatic carbocycles. The molecule has 1 saturated heterocycles. The number of nitrogens with one attached hydrogen (secondary N) is 1. The molecule has 0 unspecified atom stereocenters. The zero-order valence-electron chi connectivity index (χ0n) is 10.4. The summed E-state index contributed by atoms with van der Waals surface area (Å²) >= 11 is 0. The molecule has 1 aliphatic heterocycles. The molecule has 0 aromatic heterocycles. The Morgan fingerprint density at radius 3 is 2.70 bits per heavy atom. The van der Waals surface area contributed by atoms with E-state index in [0.717, 1.165) is 10.4 Å². The number of rotatable bonds is 2. The van der Waals surface area contributed by atoms with Gasteiger partial charge in [-0.3, -0.25) is 4.79 Å². The number of amides is 1. The van der Waals surface area contributed by atoms with Crippen molar-refractivity contribution in [2.75, 3.05) is 25.4 Å². The number of carbonyl (C=O) groups is 1. The van der Waals surface area contributed by atoms with Crippen molar-refractivity contribution in [3.63, 3.8) is 0 Å². The quantitative estimate of drug-likeness (QED) is 0.756. The lowest BCUT2D eigenvalue weighted by atomic mass is 10.3. The third kappa shape index (κ3) is 2.73. The van der Waals surface area contributed by atoms with Crippen LogP contribution in [-0.4, -0.2) is 38.3 Å². The van der Waals surface area contributed by atoms with E-state index in [4.69, 9.17) is 5.73 Å². The Kier molecular flexibility index (Phi) is 3.91. The number of nitrogen functional groups attached to an aromatic ring is 1. The van der Waals surface area contributed by atoms with E-state index < -0.39 is 39.0 Å². The van der Waals surface area contributed by atoms with Crippen LogP contribution in [0.15, 0.2) is 17.0 Å². The molecular weight excluding hydrogens is 292 g/mol. The maximum Gasteiger partial charge on any atom is 0.246 e. The van der Waals surface area contributed by atoms with E-state index in [1.807, 2.05) is 0 Å². The molecule has 0 bridgehead atoms. The zero-order chi connectivity index (χ0) is 14.9. The maximum absolute atomic E-state index is 13.7. The minimum Gasteiger partial charge on any atom is -0.399 e. The molecule has 2 rings (SSSR count). The van der Waals surface area contributed by atoms with Crippen molar-refractivity contribution in [1.82, 2.24) is 9.62 Å². The van der Waals surface area contributed by atoms with Gasteiger partial charge in [0.25, 0.3) is 0 Å². The van der Waals surface area contributed by atoms with Gasteiger partial charge in [-0.15, -0.1) is 0 Å². The molecule has 1 fully saturated rings. The molecule has 1 heterocycles. The summed E-state index contributed by atoms with van der Waals surface area (Å²) in [7, 11) is -4.32. The standard InChI is InChI=1S/C11H13F2N3O3S/c12-8-4-7(14)5-9(11(8)13)20(18,19)16-3-1-2-15-10(17)6-16/h4-5H,1-3,6,14H2,(H,15,17). The van der Waals surface area contributed by atoms with Gasteiger partial charge in [0.2, 0.25) is 15.9 Å². The fourth-order valence-electron chi connectivity index (χ4n) is 1.89.